The molecule has 11 heavy (non-hydrogen) atoms. The van der Waals surface area contributed by atoms with Crippen LogP contribution >= 0.6 is 0 Å². The first-order valence-corrected chi connectivity index (χ1v) is 3.67. The lowest BCUT2D eigenvalue weighted by Gasteiger charge is -2.14. The van der Waals surface area contributed by atoms with E-state index in [1.807, 2.05) is 0 Å². The van der Waals surface area contributed by atoms with E-state index in [-0.39, 0.29) is 0 Å². The van der Waals surface area contributed by atoms with E-state index >= 15 is 0 Å². The summed E-state index contributed by atoms with van der Waals surface area (Å²) in [5, 5.41) is 10.4. The number of nitrogens with one attached hydrogen (secondary N) is 1. The molecule has 0 spiro atoms. The summed E-state index contributed by atoms with van der Waals surface area (Å²) in [6.45, 7) is 2.65. The van der Waals surface area contributed by atoms with Crippen molar-refractivity contribution < 1.29 is 14.3 Å². The average Bonchev–Trinajstić information content (AvgIpc) is 1.87. The van der Waals surface area contributed by atoms with Crippen LogP contribution in [0.2, 0.25) is 0 Å². The molecule has 4 heteroatoms. The van der Waals surface area contributed by atoms with Crippen molar-refractivity contribution in [2.75, 3.05) is 13.1 Å². The minimum absolute atomic E-state index is 0.569. The maximum atomic E-state index is 12.1. The van der Waals surface area contributed by atoms with Crippen LogP contribution in [0.1, 0.15) is 19.8 Å². The summed E-state index contributed by atoms with van der Waals surface area (Å²) in [5.74, 6) is -0.833. The second-order valence-corrected chi connectivity index (χ2v) is 2.46. The van der Waals surface area contributed by atoms with Crippen molar-refractivity contribution in [3.05, 3.63) is 0 Å². The first-order chi connectivity index (χ1) is 5.13. The number of rotatable bonds is 0. The second kappa shape index (κ2) is 6.09. The fourth-order valence-electron chi connectivity index (χ4n) is 0.809. The van der Waals surface area contributed by atoms with Gasteiger partial charge in [0.05, 0.1) is 0 Å². The summed E-state index contributed by atoms with van der Waals surface area (Å²) in [7, 11) is 0. The molecule has 0 aromatic carbocycles. The van der Waals surface area contributed by atoms with Crippen LogP contribution in [0.5, 0.6) is 0 Å². The summed E-state index contributed by atoms with van der Waals surface area (Å²) in [6.07, 6.45) is 1.18. The zero-order chi connectivity index (χ0) is 8.69. The van der Waals surface area contributed by atoms with Gasteiger partial charge in [-0.15, -0.1) is 0 Å². The molecule has 0 aromatic rings. The first kappa shape index (κ1) is 10.4. The Hall–Kier alpha value is -0.640. The molecule has 2 N–H and O–H groups in total. The van der Waals surface area contributed by atoms with E-state index in [0.717, 1.165) is 26.3 Å². The minimum Gasteiger partial charge on any atom is -0.481 e. The van der Waals surface area contributed by atoms with E-state index in [1.165, 1.54) is 0 Å². The van der Waals surface area contributed by atoms with Crippen molar-refractivity contribution in [3.8, 4) is 0 Å². The van der Waals surface area contributed by atoms with Crippen molar-refractivity contribution in [1.29, 1.82) is 0 Å². The number of hydrogen-bond acceptors (Lipinski definition) is 2. The molecule has 1 rings (SSSR count). The zero-order valence-corrected chi connectivity index (χ0v) is 6.64. The standard InChI is InChI=1S/C5H10FN.C2H4O2/c6-5-2-1-3-7-4-5;1-2(3)4/h5,7H,1-4H2;1H3,(H,3,4). The highest BCUT2D eigenvalue weighted by Gasteiger charge is 2.08. The van der Waals surface area contributed by atoms with Crippen LogP contribution < -0.4 is 5.32 Å². The lowest BCUT2D eigenvalue weighted by atomic mass is 10.1. The van der Waals surface area contributed by atoms with Crippen LogP contribution in [-0.2, 0) is 4.79 Å². The van der Waals surface area contributed by atoms with Gasteiger partial charge in [-0.05, 0) is 19.4 Å². The molecule has 1 unspecified atom stereocenters. The Morgan fingerprint density at radius 3 is 2.45 bits per heavy atom. The van der Waals surface area contributed by atoms with Gasteiger partial charge < -0.3 is 10.4 Å². The second-order valence-electron chi connectivity index (χ2n) is 2.46. The van der Waals surface area contributed by atoms with Crippen molar-refractivity contribution in [1.82, 2.24) is 5.32 Å². The Morgan fingerprint density at radius 1 is 1.73 bits per heavy atom. The van der Waals surface area contributed by atoms with Crippen LogP contribution in [-0.4, -0.2) is 30.3 Å². The Labute approximate surface area is 65.6 Å². The molecule has 1 atom stereocenters. The Balaban J connectivity index is 0.000000218. The lowest BCUT2D eigenvalue weighted by molar-refractivity contribution is -0.134. The van der Waals surface area contributed by atoms with Gasteiger partial charge in [-0.25, -0.2) is 4.39 Å². The normalized spacial score (nSPS) is 23.3. The Morgan fingerprint density at radius 2 is 2.27 bits per heavy atom. The van der Waals surface area contributed by atoms with Gasteiger partial charge in [0, 0.05) is 13.5 Å². The van der Waals surface area contributed by atoms with Crippen LogP contribution in [0, 0.1) is 0 Å². The molecule has 1 heterocycles. The molecule has 1 saturated heterocycles. The average molecular weight is 163 g/mol. The van der Waals surface area contributed by atoms with Crippen molar-refractivity contribution >= 4 is 5.97 Å². The van der Waals surface area contributed by atoms with E-state index in [1.54, 1.807) is 0 Å². The molecule has 3 nitrogen and oxygen atoms in total. The third-order valence-corrected chi connectivity index (χ3v) is 1.24. The molecule has 0 amide bonds. The van der Waals surface area contributed by atoms with Gasteiger partial charge in [0.1, 0.15) is 6.17 Å². The molecule has 0 saturated carbocycles. The van der Waals surface area contributed by atoms with Crippen LogP contribution in [0.25, 0.3) is 0 Å². The van der Waals surface area contributed by atoms with E-state index < -0.39 is 12.1 Å². The van der Waals surface area contributed by atoms with Gasteiger partial charge >= 0.3 is 0 Å². The topological polar surface area (TPSA) is 49.3 Å². The number of aliphatic carboxylic acids is 1. The largest absolute Gasteiger partial charge is 0.481 e. The fraction of sp³-hybridized carbons (Fsp3) is 0.857. The molecule has 1 fully saturated rings. The van der Waals surface area contributed by atoms with Crippen molar-refractivity contribution in [2.45, 2.75) is 25.9 Å². The predicted octanol–water partition coefficient (Wildman–Crippen LogP) is 0.799. The molecule has 0 aliphatic carbocycles. The number of alkyl halides is 1. The monoisotopic (exact) mass is 163 g/mol. The lowest BCUT2D eigenvalue weighted by Crippen LogP contribution is -2.30. The first-order valence-electron chi connectivity index (χ1n) is 3.67. The minimum atomic E-state index is -0.833. The summed E-state index contributed by atoms with van der Waals surface area (Å²) >= 11 is 0. The number of carboxylic acid groups (broad SMARTS) is 1. The number of carboxylic acids is 1. The maximum Gasteiger partial charge on any atom is 0.300 e. The highest BCUT2D eigenvalue weighted by molar-refractivity contribution is 5.62. The number of carbonyl (C=O) groups is 1. The van der Waals surface area contributed by atoms with E-state index in [9.17, 15) is 4.39 Å². The summed E-state index contributed by atoms with van der Waals surface area (Å²) in [4.78, 5) is 9.00. The van der Waals surface area contributed by atoms with E-state index in [4.69, 9.17) is 9.90 Å². The molecular weight excluding hydrogens is 149 g/mol. The molecular formula is C7H14FNO2. The molecule has 0 aromatic heterocycles. The highest BCUT2D eigenvalue weighted by atomic mass is 19.1. The molecule has 0 bridgehead atoms. The number of halogens is 1. The molecule has 1 aliphatic heterocycles. The summed E-state index contributed by atoms with van der Waals surface area (Å²) in [5.41, 5.74) is 0. The Kier molecular flexibility index (Phi) is 5.74. The van der Waals surface area contributed by atoms with Gasteiger partial charge in [-0.1, -0.05) is 0 Å². The predicted molar refractivity (Wildman–Crippen MR) is 40.3 cm³/mol. The van der Waals surface area contributed by atoms with Crippen LogP contribution in [0.3, 0.4) is 0 Å². The molecule has 66 valence electrons. The number of hydrogen-bond donors (Lipinski definition) is 2. The smallest absolute Gasteiger partial charge is 0.300 e. The third kappa shape index (κ3) is 9.36. The van der Waals surface area contributed by atoms with E-state index in [0.29, 0.717) is 6.54 Å². The number of piperidine rings is 1. The van der Waals surface area contributed by atoms with Crippen LogP contribution in [0.15, 0.2) is 0 Å². The fourth-order valence-corrected chi connectivity index (χ4v) is 0.809. The zero-order valence-electron chi connectivity index (χ0n) is 6.64. The maximum absolute atomic E-state index is 12.1. The van der Waals surface area contributed by atoms with Gasteiger partial charge in [0.15, 0.2) is 0 Å². The van der Waals surface area contributed by atoms with Gasteiger partial charge in [-0.2, -0.15) is 0 Å². The quantitative estimate of drug-likeness (QED) is 0.555. The molecule has 1 aliphatic rings. The van der Waals surface area contributed by atoms with Crippen molar-refractivity contribution in [3.63, 3.8) is 0 Å². The van der Waals surface area contributed by atoms with Crippen LogP contribution in [0.4, 0.5) is 4.39 Å². The third-order valence-electron chi connectivity index (χ3n) is 1.24. The Bertz CT molecular complexity index is 109. The summed E-state index contributed by atoms with van der Waals surface area (Å²) < 4.78 is 12.1. The van der Waals surface area contributed by atoms with Gasteiger partial charge in [0.25, 0.3) is 5.97 Å². The summed E-state index contributed by atoms with van der Waals surface area (Å²) in [6, 6.07) is 0. The van der Waals surface area contributed by atoms with Gasteiger partial charge in [0.2, 0.25) is 0 Å². The SMILES string of the molecule is CC(=O)O.FC1CCCNC1. The highest BCUT2D eigenvalue weighted by Crippen LogP contribution is 2.03. The van der Waals surface area contributed by atoms with Gasteiger partial charge in [-0.3, -0.25) is 4.79 Å². The molecule has 0 radical (unpaired) electrons. The van der Waals surface area contributed by atoms with Crippen molar-refractivity contribution in [2.24, 2.45) is 0 Å². The van der Waals surface area contributed by atoms with E-state index in [2.05, 4.69) is 5.32 Å².